The minimum absolute atomic E-state index is 0.0845. The number of thioether (sulfide) groups is 1. The molecule has 0 unspecified atom stereocenters. The van der Waals surface area contributed by atoms with Crippen molar-refractivity contribution in [1.82, 2.24) is 19.7 Å². The predicted octanol–water partition coefficient (Wildman–Crippen LogP) is 1.77. The summed E-state index contributed by atoms with van der Waals surface area (Å²) < 4.78 is 1.76. The fourth-order valence-electron chi connectivity index (χ4n) is 2.93. The lowest BCUT2D eigenvalue weighted by molar-refractivity contribution is -0.129. The average Bonchev–Trinajstić information content (AvgIpc) is 3.10. The van der Waals surface area contributed by atoms with Gasteiger partial charge in [-0.3, -0.25) is 9.48 Å². The van der Waals surface area contributed by atoms with Crippen LogP contribution in [0.3, 0.4) is 0 Å². The molecule has 2 aromatic heterocycles. The van der Waals surface area contributed by atoms with Crippen molar-refractivity contribution in [3.8, 4) is 0 Å². The minimum Gasteiger partial charge on any atom is -0.394 e. The first-order chi connectivity index (χ1) is 11.8. The summed E-state index contributed by atoms with van der Waals surface area (Å²) in [5.74, 6) is 0.857. The Kier molecular flexibility index (Phi) is 5.87. The molecule has 0 saturated carbocycles. The number of carbonyl (C=O) groups is 1. The highest BCUT2D eigenvalue weighted by Crippen LogP contribution is 2.26. The topological polar surface area (TPSA) is 71.2 Å². The summed E-state index contributed by atoms with van der Waals surface area (Å²) in [6, 6.07) is 7.72. The summed E-state index contributed by atoms with van der Waals surface area (Å²) in [5.41, 5.74) is 1.01. The summed E-state index contributed by atoms with van der Waals surface area (Å²) in [5, 5.41) is 14.4. The largest absolute Gasteiger partial charge is 0.394 e. The minimum atomic E-state index is 0.0845. The number of nitrogens with zero attached hydrogens (tertiary/aromatic N) is 4. The van der Waals surface area contributed by atoms with Crippen molar-refractivity contribution in [2.45, 2.75) is 30.3 Å². The Balaban J connectivity index is 1.55. The number of carbonyl (C=O) groups excluding carboxylic acids is 1. The molecular formula is C17H22N4O2S. The molecule has 3 rings (SSSR count). The lowest BCUT2D eigenvalue weighted by Crippen LogP contribution is -2.40. The van der Waals surface area contributed by atoms with Gasteiger partial charge in [-0.05, 0) is 31.0 Å². The van der Waals surface area contributed by atoms with Crippen molar-refractivity contribution in [2.75, 3.05) is 25.4 Å². The van der Waals surface area contributed by atoms with Gasteiger partial charge in [0.1, 0.15) is 0 Å². The Morgan fingerprint density at radius 1 is 1.38 bits per heavy atom. The summed E-state index contributed by atoms with van der Waals surface area (Å²) in [7, 11) is 0. The Hall–Kier alpha value is -1.86. The molecule has 1 amide bonds. The molecule has 128 valence electrons. The maximum atomic E-state index is 12.5. The van der Waals surface area contributed by atoms with Gasteiger partial charge in [0.05, 0.1) is 29.6 Å². The number of piperidine rings is 1. The molecule has 1 N–H and O–H groups in total. The quantitative estimate of drug-likeness (QED) is 0.807. The number of aromatic nitrogens is 3. The van der Waals surface area contributed by atoms with Crippen molar-refractivity contribution < 1.29 is 9.90 Å². The van der Waals surface area contributed by atoms with Gasteiger partial charge in [-0.2, -0.15) is 5.10 Å². The fraction of sp³-hybridized carbons (Fsp3) is 0.471. The molecule has 3 heterocycles. The second-order valence-electron chi connectivity index (χ2n) is 5.86. The molecule has 0 aromatic carbocycles. The molecule has 2 aromatic rings. The van der Waals surface area contributed by atoms with Crippen LogP contribution in [-0.2, 0) is 11.3 Å². The van der Waals surface area contributed by atoms with Gasteiger partial charge in [-0.25, -0.2) is 4.98 Å². The van der Waals surface area contributed by atoms with E-state index in [9.17, 15) is 4.79 Å². The van der Waals surface area contributed by atoms with E-state index in [2.05, 4.69) is 10.1 Å². The van der Waals surface area contributed by atoms with Crippen LogP contribution in [0.4, 0.5) is 0 Å². The SMILES string of the molecule is O=C(CSc1ccccn1)N1CCC[C@H](c2ccn(CCO)n2)C1. The molecule has 1 fully saturated rings. The number of rotatable bonds is 6. The van der Waals surface area contributed by atoms with E-state index < -0.39 is 0 Å². The van der Waals surface area contributed by atoms with Crippen LogP contribution in [0, 0.1) is 0 Å². The molecule has 0 bridgehead atoms. The van der Waals surface area contributed by atoms with Gasteiger partial charge < -0.3 is 10.0 Å². The molecule has 24 heavy (non-hydrogen) atoms. The van der Waals surface area contributed by atoms with E-state index in [0.717, 1.165) is 36.7 Å². The Morgan fingerprint density at radius 3 is 3.08 bits per heavy atom. The van der Waals surface area contributed by atoms with E-state index in [1.54, 1.807) is 10.9 Å². The van der Waals surface area contributed by atoms with Gasteiger partial charge in [0.15, 0.2) is 0 Å². The first-order valence-electron chi connectivity index (χ1n) is 8.22. The fourth-order valence-corrected chi connectivity index (χ4v) is 3.69. The standard InChI is InChI=1S/C17H22N4O2S/c22-11-10-21-9-6-15(19-21)14-4-3-8-20(12-14)17(23)13-24-16-5-1-2-7-18-16/h1-2,5-7,9,14,22H,3-4,8,10-13H2/t14-/m0/s1. The maximum absolute atomic E-state index is 12.5. The number of hydrogen-bond acceptors (Lipinski definition) is 5. The third-order valence-electron chi connectivity index (χ3n) is 4.16. The highest BCUT2D eigenvalue weighted by Gasteiger charge is 2.26. The predicted molar refractivity (Wildman–Crippen MR) is 92.8 cm³/mol. The van der Waals surface area contributed by atoms with Gasteiger partial charge in [-0.15, -0.1) is 0 Å². The summed E-state index contributed by atoms with van der Waals surface area (Å²) in [4.78, 5) is 18.7. The van der Waals surface area contributed by atoms with Crippen molar-refractivity contribution in [2.24, 2.45) is 0 Å². The summed E-state index contributed by atoms with van der Waals surface area (Å²) in [6.45, 7) is 2.13. The zero-order valence-corrected chi connectivity index (χ0v) is 14.4. The van der Waals surface area contributed by atoms with E-state index in [1.165, 1.54) is 11.8 Å². The second-order valence-corrected chi connectivity index (χ2v) is 6.86. The molecule has 7 heteroatoms. The summed E-state index contributed by atoms with van der Waals surface area (Å²) >= 11 is 1.48. The first kappa shape index (κ1) is 17.0. The molecular weight excluding hydrogens is 324 g/mol. The first-order valence-corrected chi connectivity index (χ1v) is 9.20. The van der Waals surface area contributed by atoms with Crippen LogP contribution in [0.2, 0.25) is 0 Å². The molecule has 1 aliphatic rings. The van der Waals surface area contributed by atoms with Crippen LogP contribution >= 0.6 is 11.8 Å². The van der Waals surface area contributed by atoms with Crippen LogP contribution in [0.25, 0.3) is 0 Å². The van der Waals surface area contributed by atoms with Crippen LogP contribution < -0.4 is 0 Å². The van der Waals surface area contributed by atoms with E-state index in [-0.39, 0.29) is 18.4 Å². The molecule has 6 nitrogen and oxygen atoms in total. The van der Waals surface area contributed by atoms with Gasteiger partial charge in [-0.1, -0.05) is 17.8 Å². The van der Waals surface area contributed by atoms with Crippen molar-refractivity contribution in [3.63, 3.8) is 0 Å². The molecule has 0 spiro atoms. The summed E-state index contributed by atoms with van der Waals surface area (Å²) in [6.07, 6.45) is 5.68. The Morgan fingerprint density at radius 2 is 2.29 bits per heavy atom. The molecule has 1 atom stereocenters. The van der Waals surface area contributed by atoms with E-state index in [1.807, 2.05) is 35.4 Å². The van der Waals surface area contributed by atoms with E-state index in [4.69, 9.17) is 5.11 Å². The maximum Gasteiger partial charge on any atom is 0.233 e. The number of likely N-dealkylation sites (tertiary alicyclic amines) is 1. The number of amides is 1. The molecule has 0 radical (unpaired) electrons. The highest BCUT2D eigenvalue weighted by molar-refractivity contribution is 7.99. The third-order valence-corrected chi connectivity index (χ3v) is 5.09. The molecule has 0 aliphatic carbocycles. The third kappa shape index (κ3) is 4.36. The van der Waals surface area contributed by atoms with Crippen LogP contribution in [-0.4, -0.2) is 56.1 Å². The van der Waals surface area contributed by atoms with Crippen LogP contribution in [0.1, 0.15) is 24.5 Å². The van der Waals surface area contributed by atoms with Gasteiger partial charge in [0.2, 0.25) is 5.91 Å². The zero-order valence-electron chi connectivity index (χ0n) is 13.5. The van der Waals surface area contributed by atoms with Gasteiger partial charge in [0.25, 0.3) is 0 Å². The molecule has 1 aliphatic heterocycles. The van der Waals surface area contributed by atoms with Crippen LogP contribution in [0.15, 0.2) is 41.7 Å². The zero-order chi connectivity index (χ0) is 16.8. The van der Waals surface area contributed by atoms with E-state index in [0.29, 0.717) is 12.3 Å². The van der Waals surface area contributed by atoms with Crippen molar-refractivity contribution >= 4 is 17.7 Å². The normalized spacial score (nSPS) is 17.9. The van der Waals surface area contributed by atoms with E-state index >= 15 is 0 Å². The number of aliphatic hydroxyl groups excluding tert-OH is 1. The highest BCUT2D eigenvalue weighted by atomic mass is 32.2. The molecule has 1 saturated heterocycles. The Bertz CT molecular complexity index is 662. The lowest BCUT2D eigenvalue weighted by atomic mass is 9.95. The van der Waals surface area contributed by atoms with Crippen molar-refractivity contribution in [1.29, 1.82) is 0 Å². The van der Waals surface area contributed by atoms with Gasteiger partial charge in [0, 0.05) is 31.4 Å². The lowest BCUT2D eigenvalue weighted by Gasteiger charge is -2.32. The van der Waals surface area contributed by atoms with Crippen molar-refractivity contribution in [3.05, 3.63) is 42.4 Å². The smallest absolute Gasteiger partial charge is 0.233 e. The van der Waals surface area contributed by atoms with Gasteiger partial charge >= 0.3 is 0 Å². The second kappa shape index (κ2) is 8.30. The average molecular weight is 346 g/mol. The number of hydrogen-bond donors (Lipinski definition) is 1. The number of pyridine rings is 1. The monoisotopic (exact) mass is 346 g/mol. The Labute approximate surface area is 145 Å². The van der Waals surface area contributed by atoms with Crippen LogP contribution in [0.5, 0.6) is 0 Å². The number of aliphatic hydroxyl groups is 1.